The monoisotopic (exact) mass is 250 g/mol. The van der Waals surface area contributed by atoms with Crippen LogP contribution in [-0.4, -0.2) is 29.9 Å². The molecule has 17 heavy (non-hydrogen) atoms. The lowest BCUT2D eigenvalue weighted by Crippen LogP contribution is -3.16. The van der Waals surface area contributed by atoms with E-state index in [0.717, 1.165) is 38.0 Å². The molecule has 1 aromatic rings. The summed E-state index contributed by atoms with van der Waals surface area (Å²) in [6.07, 6.45) is 1.14. The van der Waals surface area contributed by atoms with E-state index in [1.54, 1.807) is 0 Å². The van der Waals surface area contributed by atoms with Gasteiger partial charge in [-0.2, -0.15) is 0 Å². The lowest BCUT2D eigenvalue weighted by Gasteiger charge is -2.35. The van der Waals surface area contributed by atoms with Crippen molar-refractivity contribution in [3.05, 3.63) is 35.9 Å². The van der Waals surface area contributed by atoms with E-state index in [2.05, 4.69) is 47.5 Å². The zero-order valence-electron chi connectivity index (χ0n) is 10.3. The maximum Gasteiger partial charge on any atom is 0.177 e. The molecule has 2 rings (SSSR count). The molecule has 4 heteroatoms. The molecular formula is C13H20N3S+. The first-order chi connectivity index (χ1) is 8.29. The Morgan fingerprint density at radius 2 is 2.12 bits per heavy atom. The molecule has 1 aliphatic heterocycles. The van der Waals surface area contributed by atoms with Gasteiger partial charge in [-0.3, -0.25) is 4.90 Å². The topological polar surface area (TPSA) is 19.7 Å². The van der Waals surface area contributed by atoms with Crippen LogP contribution in [0, 0.1) is 0 Å². The highest BCUT2D eigenvalue weighted by Crippen LogP contribution is 1.97. The first-order valence-corrected chi connectivity index (χ1v) is 6.60. The van der Waals surface area contributed by atoms with E-state index in [4.69, 9.17) is 12.2 Å². The van der Waals surface area contributed by atoms with Crippen molar-refractivity contribution in [2.24, 2.45) is 0 Å². The summed E-state index contributed by atoms with van der Waals surface area (Å²) >= 11 is 5.31. The molecule has 0 aromatic heterocycles. The fraction of sp³-hybridized carbons (Fsp3) is 0.462. The Morgan fingerprint density at radius 3 is 2.82 bits per heavy atom. The van der Waals surface area contributed by atoms with Crippen molar-refractivity contribution in [1.82, 2.24) is 10.2 Å². The Morgan fingerprint density at radius 1 is 1.35 bits per heavy atom. The SMILES string of the molecule is CCCN1C[NH+](Cc2ccccc2)CNC1=S. The Labute approximate surface area is 108 Å². The number of hydrogen-bond acceptors (Lipinski definition) is 1. The van der Waals surface area contributed by atoms with Gasteiger partial charge in [-0.15, -0.1) is 0 Å². The van der Waals surface area contributed by atoms with Gasteiger partial charge in [0, 0.05) is 12.1 Å². The lowest BCUT2D eigenvalue weighted by molar-refractivity contribution is -0.927. The molecular weight excluding hydrogens is 230 g/mol. The number of nitrogens with zero attached hydrogens (tertiary/aromatic N) is 1. The van der Waals surface area contributed by atoms with Crippen molar-refractivity contribution in [1.29, 1.82) is 0 Å². The van der Waals surface area contributed by atoms with E-state index in [1.807, 2.05) is 0 Å². The molecule has 1 aromatic carbocycles. The maximum atomic E-state index is 5.31. The van der Waals surface area contributed by atoms with Crippen LogP contribution in [0.3, 0.4) is 0 Å². The van der Waals surface area contributed by atoms with Gasteiger partial charge in [0.1, 0.15) is 6.54 Å². The van der Waals surface area contributed by atoms with Crippen LogP contribution in [0.1, 0.15) is 18.9 Å². The summed E-state index contributed by atoms with van der Waals surface area (Å²) in [6, 6.07) is 10.6. The molecule has 1 unspecified atom stereocenters. The van der Waals surface area contributed by atoms with Gasteiger partial charge >= 0.3 is 0 Å². The lowest BCUT2D eigenvalue weighted by atomic mass is 10.2. The van der Waals surface area contributed by atoms with Gasteiger partial charge < -0.3 is 10.2 Å². The predicted molar refractivity (Wildman–Crippen MR) is 73.6 cm³/mol. The van der Waals surface area contributed by atoms with Gasteiger partial charge in [0.2, 0.25) is 0 Å². The van der Waals surface area contributed by atoms with E-state index < -0.39 is 0 Å². The highest BCUT2D eigenvalue weighted by atomic mass is 32.1. The molecule has 3 nitrogen and oxygen atoms in total. The fourth-order valence-electron chi connectivity index (χ4n) is 2.16. The first kappa shape index (κ1) is 12.3. The molecule has 1 fully saturated rings. The molecule has 0 spiro atoms. The second-order valence-electron chi connectivity index (χ2n) is 4.49. The summed E-state index contributed by atoms with van der Waals surface area (Å²) in [5, 5.41) is 4.21. The quantitative estimate of drug-likeness (QED) is 0.763. The molecule has 0 saturated carbocycles. The van der Waals surface area contributed by atoms with Gasteiger partial charge in [-0.25, -0.2) is 0 Å². The number of nitrogens with one attached hydrogen (secondary N) is 2. The van der Waals surface area contributed by atoms with Crippen LogP contribution >= 0.6 is 12.2 Å². The second kappa shape index (κ2) is 5.98. The van der Waals surface area contributed by atoms with Crippen LogP contribution in [0.5, 0.6) is 0 Å². The Balaban J connectivity index is 1.92. The Bertz CT molecular complexity index is 366. The number of hydrogen-bond donors (Lipinski definition) is 2. The normalized spacial score (nSPS) is 20.2. The third-order valence-electron chi connectivity index (χ3n) is 2.98. The number of rotatable bonds is 4. The summed E-state index contributed by atoms with van der Waals surface area (Å²) in [5.74, 6) is 0. The van der Waals surface area contributed by atoms with Gasteiger partial charge in [-0.05, 0) is 18.6 Å². The van der Waals surface area contributed by atoms with Gasteiger partial charge in [0.15, 0.2) is 18.4 Å². The molecule has 0 bridgehead atoms. The third kappa shape index (κ3) is 3.41. The average Bonchev–Trinajstić information content (AvgIpc) is 2.35. The molecule has 0 radical (unpaired) electrons. The van der Waals surface area contributed by atoms with Crippen molar-refractivity contribution in [3.63, 3.8) is 0 Å². The van der Waals surface area contributed by atoms with E-state index >= 15 is 0 Å². The van der Waals surface area contributed by atoms with E-state index in [1.165, 1.54) is 10.5 Å². The molecule has 0 aliphatic carbocycles. The summed E-state index contributed by atoms with van der Waals surface area (Å²) in [6.45, 7) is 6.22. The minimum atomic E-state index is 0.906. The van der Waals surface area contributed by atoms with Crippen molar-refractivity contribution in [3.8, 4) is 0 Å². The van der Waals surface area contributed by atoms with E-state index in [0.29, 0.717) is 0 Å². The summed E-state index contributed by atoms with van der Waals surface area (Å²) < 4.78 is 0. The molecule has 92 valence electrons. The highest BCUT2D eigenvalue weighted by Gasteiger charge is 2.22. The molecule has 1 atom stereocenters. The Kier molecular flexibility index (Phi) is 4.34. The van der Waals surface area contributed by atoms with Crippen LogP contribution in [0.25, 0.3) is 0 Å². The van der Waals surface area contributed by atoms with E-state index in [9.17, 15) is 0 Å². The number of thiocarbonyl (C=S) groups is 1. The minimum Gasteiger partial charge on any atom is -0.316 e. The number of benzene rings is 1. The van der Waals surface area contributed by atoms with Gasteiger partial charge in [0.05, 0.1) is 0 Å². The molecule has 0 amide bonds. The van der Waals surface area contributed by atoms with Crippen LogP contribution in [0.4, 0.5) is 0 Å². The summed E-state index contributed by atoms with van der Waals surface area (Å²) in [4.78, 5) is 3.77. The predicted octanol–water partition coefficient (Wildman–Crippen LogP) is 0.587. The third-order valence-corrected chi connectivity index (χ3v) is 3.38. The summed E-state index contributed by atoms with van der Waals surface area (Å²) in [7, 11) is 0. The zero-order chi connectivity index (χ0) is 12.1. The minimum absolute atomic E-state index is 0.906. The van der Waals surface area contributed by atoms with Gasteiger partial charge in [-0.1, -0.05) is 37.3 Å². The molecule has 1 heterocycles. The van der Waals surface area contributed by atoms with Crippen LogP contribution < -0.4 is 10.2 Å². The van der Waals surface area contributed by atoms with Crippen LogP contribution in [-0.2, 0) is 6.54 Å². The maximum absolute atomic E-state index is 5.31. The molecule has 1 aliphatic rings. The van der Waals surface area contributed by atoms with Crippen LogP contribution in [0.15, 0.2) is 30.3 Å². The zero-order valence-corrected chi connectivity index (χ0v) is 11.1. The largest absolute Gasteiger partial charge is 0.316 e. The van der Waals surface area contributed by atoms with Gasteiger partial charge in [0.25, 0.3) is 0 Å². The first-order valence-electron chi connectivity index (χ1n) is 6.20. The fourth-order valence-corrected chi connectivity index (χ4v) is 2.39. The molecule has 1 saturated heterocycles. The van der Waals surface area contributed by atoms with Crippen molar-refractivity contribution >= 4 is 17.3 Å². The van der Waals surface area contributed by atoms with Crippen LogP contribution in [0.2, 0.25) is 0 Å². The van der Waals surface area contributed by atoms with Crippen molar-refractivity contribution in [2.75, 3.05) is 19.9 Å². The average molecular weight is 250 g/mol. The standard InChI is InChI=1S/C13H19N3S/c1-2-8-16-11-15(10-14-13(16)17)9-12-6-4-3-5-7-12/h3-7H,2,8-11H2,1H3,(H,14,17)/p+1. The number of quaternary nitrogens is 1. The summed E-state index contributed by atoms with van der Waals surface area (Å²) in [5.41, 5.74) is 1.38. The Hall–Kier alpha value is -1.13. The second-order valence-corrected chi connectivity index (χ2v) is 4.88. The van der Waals surface area contributed by atoms with E-state index in [-0.39, 0.29) is 0 Å². The smallest absolute Gasteiger partial charge is 0.177 e. The molecule has 2 N–H and O–H groups in total. The van der Waals surface area contributed by atoms with Crippen molar-refractivity contribution < 1.29 is 4.90 Å². The highest BCUT2D eigenvalue weighted by molar-refractivity contribution is 7.80. The van der Waals surface area contributed by atoms with Crippen molar-refractivity contribution in [2.45, 2.75) is 19.9 Å².